The summed E-state index contributed by atoms with van der Waals surface area (Å²) in [5, 5.41) is 1.44. The van der Waals surface area contributed by atoms with Crippen LogP contribution in [-0.4, -0.2) is 42.1 Å². The molecular weight excluding hydrogens is 262 g/mol. The molecule has 0 spiro atoms. The van der Waals surface area contributed by atoms with E-state index in [0.717, 1.165) is 30.2 Å². The van der Waals surface area contributed by atoms with E-state index in [2.05, 4.69) is 19.9 Å². The first-order chi connectivity index (χ1) is 9.15. The van der Waals surface area contributed by atoms with E-state index >= 15 is 0 Å². The minimum Gasteiger partial charge on any atom is -0.363 e. The zero-order chi connectivity index (χ0) is 13.4. The van der Waals surface area contributed by atoms with Crippen molar-refractivity contribution in [1.29, 1.82) is 0 Å². The lowest BCUT2D eigenvalue weighted by Gasteiger charge is -2.16. The molecular formula is C13H16ClN5. The van der Waals surface area contributed by atoms with Crippen LogP contribution in [0.25, 0.3) is 11.0 Å². The average Bonchev–Trinajstić information content (AvgIpc) is 2.91. The Kier molecular flexibility index (Phi) is 3.14. The van der Waals surface area contributed by atoms with Gasteiger partial charge >= 0.3 is 0 Å². The lowest BCUT2D eigenvalue weighted by molar-refractivity contribution is 0.904. The number of halogens is 1. The molecule has 100 valence electrons. The number of hydrogen-bond donors (Lipinski definition) is 0. The first kappa shape index (κ1) is 12.4. The van der Waals surface area contributed by atoms with Crippen LogP contribution in [0.5, 0.6) is 0 Å². The normalized spacial score (nSPS) is 15.2. The van der Waals surface area contributed by atoms with Gasteiger partial charge in [0, 0.05) is 39.4 Å². The molecule has 2 aromatic heterocycles. The smallest absolute Gasteiger partial charge is 0.227 e. The second-order valence-corrected chi connectivity index (χ2v) is 5.37. The minimum absolute atomic E-state index is 0.640. The predicted molar refractivity (Wildman–Crippen MR) is 78.1 cm³/mol. The summed E-state index contributed by atoms with van der Waals surface area (Å²) in [6.45, 7) is 2.04. The van der Waals surface area contributed by atoms with Gasteiger partial charge in [0.2, 0.25) is 5.95 Å². The van der Waals surface area contributed by atoms with E-state index in [1.54, 1.807) is 6.20 Å². The topological polar surface area (TPSA) is 45.2 Å². The summed E-state index contributed by atoms with van der Waals surface area (Å²) in [5.41, 5.74) is 0.660. The highest BCUT2D eigenvalue weighted by Gasteiger charge is 2.16. The largest absolute Gasteiger partial charge is 0.363 e. The Hall–Kier alpha value is -1.62. The molecule has 19 heavy (non-hydrogen) atoms. The van der Waals surface area contributed by atoms with Crippen LogP contribution < -0.4 is 9.80 Å². The van der Waals surface area contributed by atoms with Crippen LogP contribution in [-0.2, 0) is 0 Å². The number of anilines is 2. The van der Waals surface area contributed by atoms with E-state index in [4.69, 9.17) is 11.6 Å². The first-order valence-corrected chi connectivity index (χ1v) is 6.78. The quantitative estimate of drug-likeness (QED) is 0.843. The van der Waals surface area contributed by atoms with E-state index in [-0.39, 0.29) is 0 Å². The maximum absolute atomic E-state index is 6.26. The number of fused-ring (bicyclic) bond motifs is 1. The lowest BCUT2D eigenvalue weighted by atomic mass is 10.3. The van der Waals surface area contributed by atoms with Gasteiger partial charge in [-0.15, -0.1) is 0 Å². The number of aromatic nitrogens is 3. The van der Waals surface area contributed by atoms with Crippen LogP contribution in [0, 0.1) is 0 Å². The third-order valence-electron chi connectivity index (χ3n) is 3.34. The van der Waals surface area contributed by atoms with Crippen molar-refractivity contribution in [3.8, 4) is 0 Å². The molecule has 2 aromatic rings. The molecule has 3 heterocycles. The fraction of sp³-hybridized carbons (Fsp3) is 0.462. The molecule has 0 atom stereocenters. The molecule has 1 aliphatic rings. The molecule has 0 aliphatic carbocycles. The summed E-state index contributed by atoms with van der Waals surface area (Å²) in [5.74, 6) is 1.56. The monoisotopic (exact) mass is 277 g/mol. The van der Waals surface area contributed by atoms with E-state index in [1.165, 1.54) is 12.8 Å². The number of rotatable bonds is 2. The maximum atomic E-state index is 6.26. The highest BCUT2D eigenvalue weighted by molar-refractivity contribution is 6.35. The van der Waals surface area contributed by atoms with Gasteiger partial charge in [-0.3, -0.25) is 0 Å². The Labute approximate surface area is 117 Å². The van der Waals surface area contributed by atoms with Gasteiger partial charge < -0.3 is 9.80 Å². The summed E-state index contributed by atoms with van der Waals surface area (Å²) in [6.07, 6.45) is 4.17. The molecule has 1 saturated heterocycles. The molecule has 0 amide bonds. The van der Waals surface area contributed by atoms with Gasteiger partial charge in [-0.25, -0.2) is 9.97 Å². The van der Waals surface area contributed by atoms with Gasteiger partial charge in [-0.1, -0.05) is 11.6 Å². The fourth-order valence-electron chi connectivity index (χ4n) is 2.25. The molecule has 6 heteroatoms. The van der Waals surface area contributed by atoms with Crippen molar-refractivity contribution in [2.45, 2.75) is 12.8 Å². The van der Waals surface area contributed by atoms with Crippen molar-refractivity contribution in [1.82, 2.24) is 15.0 Å². The molecule has 0 saturated carbocycles. The molecule has 0 bridgehead atoms. The zero-order valence-corrected chi connectivity index (χ0v) is 11.9. The van der Waals surface area contributed by atoms with Gasteiger partial charge in [0.1, 0.15) is 5.82 Å². The van der Waals surface area contributed by atoms with Crippen LogP contribution in [0.1, 0.15) is 12.8 Å². The van der Waals surface area contributed by atoms with Crippen LogP contribution in [0.3, 0.4) is 0 Å². The Balaban J connectivity index is 2.09. The average molecular weight is 278 g/mol. The first-order valence-electron chi connectivity index (χ1n) is 6.41. The Bertz CT molecular complexity index is 607. The molecule has 0 N–H and O–H groups in total. The molecule has 1 aliphatic heterocycles. The van der Waals surface area contributed by atoms with Gasteiger partial charge in [-0.2, -0.15) is 4.98 Å². The summed E-state index contributed by atoms with van der Waals surface area (Å²) < 4.78 is 0. The maximum Gasteiger partial charge on any atom is 0.227 e. The van der Waals surface area contributed by atoms with Crippen molar-refractivity contribution in [3.05, 3.63) is 17.3 Å². The van der Waals surface area contributed by atoms with E-state index in [1.807, 2.05) is 25.1 Å². The van der Waals surface area contributed by atoms with Crippen LogP contribution in [0.2, 0.25) is 5.02 Å². The van der Waals surface area contributed by atoms with E-state index in [9.17, 15) is 0 Å². The summed E-state index contributed by atoms with van der Waals surface area (Å²) >= 11 is 6.26. The molecule has 5 nitrogen and oxygen atoms in total. The van der Waals surface area contributed by atoms with Crippen LogP contribution in [0.15, 0.2) is 12.3 Å². The molecule has 1 fully saturated rings. The lowest BCUT2D eigenvalue weighted by Crippen LogP contribution is -2.20. The van der Waals surface area contributed by atoms with Crippen LogP contribution >= 0.6 is 11.6 Å². The standard InChI is InChI=1S/C13H16ClN5/c1-18(2)11-7-10(14)9-8-15-13(17-12(9)16-11)19-5-3-4-6-19/h7-8H,3-6H2,1-2H3. The predicted octanol–water partition coefficient (Wildman–Crippen LogP) is 2.34. The number of pyridine rings is 1. The fourth-order valence-corrected chi connectivity index (χ4v) is 2.48. The third-order valence-corrected chi connectivity index (χ3v) is 3.65. The summed E-state index contributed by atoms with van der Waals surface area (Å²) in [7, 11) is 3.88. The third kappa shape index (κ3) is 2.30. The van der Waals surface area contributed by atoms with Gasteiger partial charge in [0.05, 0.1) is 10.4 Å². The van der Waals surface area contributed by atoms with Crippen molar-refractivity contribution in [2.75, 3.05) is 37.0 Å². The van der Waals surface area contributed by atoms with E-state index < -0.39 is 0 Å². The van der Waals surface area contributed by atoms with Gasteiger partial charge in [0.15, 0.2) is 5.65 Å². The molecule has 0 radical (unpaired) electrons. The summed E-state index contributed by atoms with van der Waals surface area (Å²) in [4.78, 5) is 17.6. The van der Waals surface area contributed by atoms with Crippen molar-refractivity contribution >= 4 is 34.4 Å². The SMILES string of the molecule is CN(C)c1cc(Cl)c2cnc(N3CCCC3)nc2n1. The van der Waals surface area contributed by atoms with Gasteiger partial charge in [-0.05, 0) is 12.8 Å². The Morgan fingerprint density at radius 2 is 1.95 bits per heavy atom. The number of hydrogen-bond acceptors (Lipinski definition) is 5. The van der Waals surface area contributed by atoms with Crippen molar-refractivity contribution in [2.24, 2.45) is 0 Å². The van der Waals surface area contributed by atoms with E-state index in [0.29, 0.717) is 10.7 Å². The van der Waals surface area contributed by atoms with Crippen molar-refractivity contribution < 1.29 is 0 Å². The molecule has 0 unspecified atom stereocenters. The molecule has 3 rings (SSSR count). The minimum atomic E-state index is 0.640. The summed E-state index contributed by atoms with van der Waals surface area (Å²) in [6, 6.07) is 1.84. The second kappa shape index (κ2) is 4.81. The molecule has 0 aromatic carbocycles. The number of nitrogens with zero attached hydrogens (tertiary/aromatic N) is 5. The Morgan fingerprint density at radius 1 is 1.21 bits per heavy atom. The zero-order valence-electron chi connectivity index (χ0n) is 11.1. The second-order valence-electron chi connectivity index (χ2n) is 4.96. The van der Waals surface area contributed by atoms with Crippen molar-refractivity contribution in [3.63, 3.8) is 0 Å². The highest BCUT2D eigenvalue weighted by Crippen LogP contribution is 2.26. The van der Waals surface area contributed by atoms with Crippen LogP contribution in [0.4, 0.5) is 11.8 Å². The van der Waals surface area contributed by atoms with Gasteiger partial charge in [0.25, 0.3) is 0 Å². The Morgan fingerprint density at radius 3 is 2.63 bits per heavy atom. The highest BCUT2D eigenvalue weighted by atomic mass is 35.5.